The zero-order chi connectivity index (χ0) is 25.4. The highest BCUT2D eigenvalue weighted by molar-refractivity contribution is 6.31. The molecule has 0 saturated carbocycles. The lowest BCUT2D eigenvalue weighted by molar-refractivity contribution is -0.136. The van der Waals surface area contributed by atoms with Gasteiger partial charge in [0.15, 0.2) is 0 Å². The number of halogens is 1. The first-order valence-electron chi connectivity index (χ1n) is 11.1. The molecule has 0 N–H and O–H groups in total. The van der Waals surface area contributed by atoms with E-state index in [0.717, 1.165) is 28.2 Å². The SMILES string of the molecule is COC(=O)C1=C(C)N(c2ccc(OC)cc2)C(=O)/C1=C\c1cc(C)n(-c2ccc(C)c(Cl)c2)c1C. The van der Waals surface area contributed by atoms with Gasteiger partial charge in [0.1, 0.15) is 5.75 Å². The van der Waals surface area contributed by atoms with Crippen molar-refractivity contribution in [3.8, 4) is 11.4 Å². The third kappa shape index (κ3) is 4.26. The Hall–Kier alpha value is -3.77. The Kier molecular flexibility index (Phi) is 6.59. The average molecular weight is 491 g/mol. The lowest BCUT2D eigenvalue weighted by Crippen LogP contribution is -2.24. The predicted octanol–water partition coefficient (Wildman–Crippen LogP) is 5.94. The number of hydrogen-bond acceptors (Lipinski definition) is 4. The van der Waals surface area contributed by atoms with Crippen molar-refractivity contribution >= 4 is 35.2 Å². The fourth-order valence-electron chi connectivity index (χ4n) is 4.43. The second kappa shape index (κ2) is 9.47. The Morgan fingerprint density at radius 3 is 2.20 bits per heavy atom. The second-order valence-electron chi connectivity index (χ2n) is 8.44. The first-order chi connectivity index (χ1) is 16.7. The van der Waals surface area contributed by atoms with Crippen LogP contribution in [-0.4, -0.2) is 30.7 Å². The van der Waals surface area contributed by atoms with E-state index in [0.29, 0.717) is 22.2 Å². The van der Waals surface area contributed by atoms with E-state index in [1.807, 2.05) is 45.0 Å². The number of rotatable bonds is 5. The van der Waals surface area contributed by atoms with Crippen LogP contribution in [0, 0.1) is 20.8 Å². The Bertz CT molecular complexity index is 1400. The van der Waals surface area contributed by atoms with E-state index < -0.39 is 5.97 Å². The average Bonchev–Trinajstić information content (AvgIpc) is 3.26. The number of amides is 1. The molecule has 0 radical (unpaired) electrons. The Labute approximate surface area is 210 Å². The van der Waals surface area contributed by atoms with E-state index in [9.17, 15) is 9.59 Å². The minimum absolute atomic E-state index is 0.247. The number of methoxy groups -OCH3 is 2. The monoisotopic (exact) mass is 490 g/mol. The molecule has 1 aliphatic rings. The number of allylic oxidation sites excluding steroid dienone is 1. The summed E-state index contributed by atoms with van der Waals surface area (Å²) in [5.41, 5.74) is 6.34. The lowest BCUT2D eigenvalue weighted by Gasteiger charge is -2.18. The van der Waals surface area contributed by atoms with Gasteiger partial charge in [0.2, 0.25) is 0 Å². The Morgan fingerprint density at radius 2 is 1.60 bits per heavy atom. The van der Waals surface area contributed by atoms with E-state index in [1.165, 1.54) is 12.0 Å². The molecular weight excluding hydrogens is 464 g/mol. The summed E-state index contributed by atoms with van der Waals surface area (Å²) in [6, 6.07) is 15.0. The van der Waals surface area contributed by atoms with Gasteiger partial charge < -0.3 is 14.0 Å². The van der Waals surface area contributed by atoms with Crippen molar-refractivity contribution < 1.29 is 19.1 Å². The highest BCUT2D eigenvalue weighted by atomic mass is 35.5. The standard InChI is InChI=1S/C28H27ClN2O4/c1-16-7-8-22(15-25(16)29)30-17(2)13-20(18(30)3)14-24-26(28(33)35-6)19(4)31(27(24)32)21-9-11-23(34-5)12-10-21/h7-15H,1-6H3/b24-14-. The molecule has 35 heavy (non-hydrogen) atoms. The molecule has 0 saturated heterocycles. The molecule has 0 bridgehead atoms. The highest BCUT2D eigenvalue weighted by Gasteiger charge is 2.38. The van der Waals surface area contributed by atoms with Crippen molar-refractivity contribution in [2.45, 2.75) is 27.7 Å². The molecule has 2 heterocycles. The smallest absolute Gasteiger partial charge is 0.340 e. The number of anilines is 1. The molecule has 180 valence electrons. The first-order valence-corrected chi connectivity index (χ1v) is 11.5. The lowest BCUT2D eigenvalue weighted by atomic mass is 10.0. The van der Waals surface area contributed by atoms with Gasteiger partial charge in [0, 0.05) is 33.5 Å². The number of carbonyl (C=O) groups is 2. The van der Waals surface area contributed by atoms with Gasteiger partial charge in [-0.2, -0.15) is 0 Å². The van der Waals surface area contributed by atoms with Crippen LogP contribution in [0.5, 0.6) is 5.75 Å². The van der Waals surface area contributed by atoms with E-state index in [2.05, 4.69) is 4.57 Å². The summed E-state index contributed by atoms with van der Waals surface area (Å²) >= 11 is 6.37. The van der Waals surface area contributed by atoms with Gasteiger partial charge in [-0.3, -0.25) is 9.69 Å². The normalized spacial score (nSPS) is 14.8. The molecule has 0 aliphatic carbocycles. The summed E-state index contributed by atoms with van der Waals surface area (Å²) in [5, 5.41) is 0.683. The molecule has 0 spiro atoms. The van der Waals surface area contributed by atoms with Crippen LogP contribution >= 0.6 is 11.6 Å². The number of hydrogen-bond donors (Lipinski definition) is 0. The second-order valence-corrected chi connectivity index (χ2v) is 8.85. The largest absolute Gasteiger partial charge is 0.497 e. The van der Waals surface area contributed by atoms with Gasteiger partial charge in [0.05, 0.1) is 25.4 Å². The van der Waals surface area contributed by atoms with Crippen LogP contribution in [0.15, 0.2) is 65.4 Å². The van der Waals surface area contributed by atoms with Crippen molar-refractivity contribution in [2.24, 2.45) is 0 Å². The van der Waals surface area contributed by atoms with Crippen molar-refractivity contribution in [1.82, 2.24) is 4.57 Å². The zero-order valence-electron chi connectivity index (χ0n) is 20.6. The molecular formula is C28H27ClN2O4. The first kappa shape index (κ1) is 24.4. The van der Waals surface area contributed by atoms with E-state index in [-0.39, 0.29) is 17.1 Å². The van der Waals surface area contributed by atoms with Gasteiger partial charge in [-0.25, -0.2) is 4.79 Å². The minimum atomic E-state index is -0.558. The van der Waals surface area contributed by atoms with Crippen LogP contribution in [0.2, 0.25) is 5.02 Å². The number of nitrogens with zero attached hydrogens (tertiary/aromatic N) is 2. The quantitative estimate of drug-likeness (QED) is 0.328. The zero-order valence-corrected chi connectivity index (χ0v) is 21.4. The Morgan fingerprint density at radius 1 is 0.943 bits per heavy atom. The molecule has 7 heteroatoms. The van der Waals surface area contributed by atoms with Crippen molar-refractivity contribution in [1.29, 1.82) is 0 Å². The summed E-state index contributed by atoms with van der Waals surface area (Å²) in [6.07, 6.45) is 1.76. The van der Waals surface area contributed by atoms with Crippen LogP contribution < -0.4 is 9.64 Å². The molecule has 6 nitrogen and oxygen atoms in total. The van der Waals surface area contributed by atoms with E-state index >= 15 is 0 Å². The number of benzene rings is 2. The fourth-order valence-corrected chi connectivity index (χ4v) is 4.60. The van der Waals surface area contributed by atoms with Crippen LogP contribution in [-0.2, 0) is 14.3 Å². The molecule has 4 rings (SSSR count). The predicted molar refractivity (Wildman–Crippen MR) is 138 cm³/mol. The number of aryl methyl sites for hydroxylation is 2. The maximum atomic E-state index is 13.6. The molecule has 2 aromatic carbocycles. The molecule has 1 aromatic heterocycles. The van der Waals surface area contributed by atoms with E-state index in [4.69, 9.17) is 21.1 Å². The maximum absolute atomic E-state index is 13.6. The Balaban J connectivity index is 1.83. The third-order valence-electron chi connectivity index (χ3n) is 6.30. The van der Waals surface area contributed by atoms with Gasteiger partial charge >= 0.3 is 5.97 Å². The number of ether oxygens (including phenoxy) is 2. The van der Waals surface area contributed by atoms with Crippen molar-refractivity contribution in [3.05, 3.63) is 92.9 Å². The molecule has 0 atom stereocenters. The molecule has 1 aliphatic heterocycles. The number of esters is 1. The number of carbonyl (C=O) groups excluding carboxylic acids is 2. The van der Waals surface area contributed by atoms with Crippen LogP contribution in [0.4, 0.5) is 5.69 Å². The minimum Gasteiger partial charge on any atom is -0.497 e. The van der Waals surface area contributed by atoms with Crippen LogP contribution in [0.1, 0.15) is 29.4 Å². The summed E-state index contributed by atoms with van der Waals surface area (Å²) < 4.78 is 12.3. The summed E-state index contributed by atoms with van der Waals surface area (Å²) in [4.78, 5) is 27.9. The third-order valence-corrected chi connectivity index (χ3v) is 6.71. The van der Waals surface area contributed by atoms with Crippen molar-refractivity contribution in [3.63, 3.8) is 0 Å². The summed E-state index contributed by atoms with van der Waals surface area (Å²) in [7, 11) is 2.89. The molecule has 1 amide bonds. The van der Waals surface area contributed by atoms with Gasteiger partial charge in [-0.05, 0) is 87.4 Å². The maximum Gasteiger partial charge on any atom is 0.340 e. The molecule has 3 aromatic rings. The highest BCUT2D eigenvalue weighted by Crippen LogP contribution is 2.37. The van der Waals surface area contributed by atoms with Crippen LogP contribution in [0.3, 0.4) is 0 Å². The summed E-state index contributed by atoms with van der Waals surface area (Å²) in [6.45, 7) is 7.67. The van der Waals surface area contributed by atoms with Crippen LogP contribution in [0.25, 0.3) is 11.8 Å². The number of aromatic nitrogens is 1. The van der Waals surface area contributed by atoms with Gasteiger partial charge in [-0.1, -0.05) is 17.7 Å². The van der Waals surface area contributed by atoms with Crippen molar-refractivity contribution in [2.75, 3.05) is 19.1 Å². The van der Waals surface area contributed by atoms with Gasteiger partial charge in [0.25, 0.3) is 5.91 Å². The molecule has 0 fully saturated rings. The summed E-state index contributed by atoms with van der Waals surface area (Å²) in [5.74, 6) is -0.178. The fraction of sp³-hybridized carbons (Fsp3) is 0.214. The molecule has 0 unspecified atom stereocenters. The van der Waals surface area contributed by atoms with E-state index in [1.54, 1.807) is 44.4 Å². The van der Waals surface area contributed by atoms with Gasteiger partial charge in [-0.15, -0.1) is 0 Å². The topological polar surface area (TPSA) is 60.8 Å².